The van der Waals surface area contributed by atoms with Crippen molar-refractivity contribution in [3.8, 4) is 11.5 Å². The van der Waals surface area contributed by atoms with Gasteiger partial charge in [-0.05, 0) is 25.8 Å². The van der Waals surface area contributed by atoms with E-state index < -0.39 is 0 Å². The van der Waals surface area contributed by atoms with Crippen molar-refractivity contribution in [3.05, 3.63) is 48.0 Å². The molecule has 0 fully saturated rings. The summed E-state index contributed by atoms with van der Waals surface area (Å²) < 4.78 is 23.3. The molecule has 0 spiro atoms. The largest absolute Gasteiger partial charge is 0.488 e. The van der Waals surface area contributed by atoms with Crippen LogP contribution in [-0.4, -0.2) is 37.4 Å². The van der Waals surface area contributed by atoms with Crippen molar-refractivity contribution in [1.82, 2.24) is 0 Å². The highest BCUT2D eigenvalue weighted by atomic mass is 16.6. The Balaban J connectivity index is 2.07. The van der Waals surface area contributed by atoms with E-state index in [9.17, 15) is 9.59 Å². The summed E-state index contributed by atoms with van der Waals surface area (Å²) >= 11 is 0. The first kappa shape index (κ1) is 24.4. The molecular formula is C27H32O6. The predicted molar refractivity (Wildman–Crippen MR) is 129 cm³/mol. The third-order valence-electron chi connectivity index (χ3n) is 5.48. The van der Waals surface area contributed by atoms with E-state index >= 15 is 0 Å². The molecule has 0 heterocycles. The number of carbonyl (C=O) groups is 2. The molecule has 2 atom stereocenters. The molecule has 0 aliphatic heterocycles. The number of esters is 2. The first-order valence-electron chi connectivity index (χ1n) is 11.4. The van der Waals surface area contributed by atoms with Crippen LogP contribution in [0.4, 0.5) is 0 Å². The summed E-state index contributed by atoms with van der Waals surface area (Å²) in [6, 6.07) is 14.0. The zero-order chi connectivity index (χ0) is 24.0. The number of aryl methyl sites for hydroxylation is 1. The summed E-state index contributed by atoms with van der Waals surface area (Å²) in [7, 11) is 0. The van der Waals surface area contributed by atoms with Crippen LogP contribution in [0.3, 0.4) is 0 Å². The van der Waals surface area contributed by atoms with Gasteiger partial charge in [-0.25, -0.2) is 0 Å². The molecule has 2 unspecified atom stereocenters. The second-order valence-corrected chi connectivity index (χ2v) is 8.15. The minimum absolute atomic E-state index is 0.258. The molecule has 0 saturated carbocycles. The molecule has 176 valence electrons. The van der Waals surface area contributed by atoms with Gasteiger partial charge >= 0.3 is 11.9 Å². The number of carbonyl (C=O) groups excluding carboxylic acids is 2. The maximum Gasteiger partial charge on any atom is 0.303 e. The van der Waals surface area contributed by atoms with Gasteiger partial charge in [0.05, 0.1) is 0 Å². The summed E-state index contributed by atoms with van der Waals surface area (Å²) in [6.45, 7) is 9.27. The quantitative estimate of drug-likeness (QED) is 0.288. The third kappa shape index (κ3) is 5.95. The number of hydrogen-bond acceptors (Lipinski definition) is 6. The molecule has 0 aliphatic rings. The number of fused-ring (bicyclic) bond motifs is 2. The summed E-state index contributed by atoms with van der Waals surface area (Å²) in [5.41, 5.74) is 1.09. The number of benzene rings is 3. The van der Waals surface area contributed by atoms with Crippen LogP contribution in [0.2, 0.25) is 0 Å². The molecular weight excluding hydrogens is 420 g/mol. The van der Waals surface area contributed by atoms with Crippen LogP contribution in [-0.2, 0) is 19.1 Å². The van der Waals surface area contributed by atoms with Crippen LogP contribution in [0, 0.1) is 6.92 Å². The molecule has 6 nitrogen and oxygen atoms in total. The molecule has 3 aromatic rings. The fourth-order valence-corrected chi connectivity index (χ4v) is 3.82. The topological polar surface area (TPSA) is 71.1 Å². The van der Waals surface area contributed by atoms with Gasteiger partial charge in [0.2, 0.25) is 0 Å². The van der Waals surface area contributed by atoms with Gasteiger partial charge in [0.15, 0.2) is 0 Å². The van der Waals surface area contributed by atoms with Gasteiger partial charge in [0.1, 0.15) is 36.9 Å². The van der Waals surface area contributed by atoms with Crippen LogP contribution in [0.1, 0.15) is 46.1 Å². The molecule has 0 aromatic heterocycles. The molecule has 3 aromatic carbocycles. The highest BCUT2D eigenvalue weighted by Gasteiger charge is 2.20. The zero-order valence-corrected chi connectivity index (χ0v) is 20.0. The van der Waals surface area contributed by atoms with E-state index in [0.29, 0.717) is 12.8 Å². The first-order valence-corrected chi connectivity index (χ1v) is 11.4. The van der Waals surface area contributed by atoms with Crippen LogP contribution >= 0.6 is 0 Å². The predicted octanol–water partition coefficient (Wildman–Crippen LogP) is 5.74. The van der Waals surface area contributed by atoms with E-state index in [1.54, 1.807) is 0 Å². The van der Waals surface area contributed by atoms with Gasteiger partial charge in [-0.3, -0.25) is 9.59 Å². The van der Waals surface area contributed by atoms with Gasteiger partial charge in [-0.1, -0.05) is 55.8 Å². The average molecular weight is 453 g/mol. The maximum atomic E-state index is 11.4. The SMILES string of the molecule is CCC(COc1c2ccccc2c(OCC(CC)OC(C)=O)c2cc(C)ccc12)OC(C)=O. The number of hydrogen-bond donors (Lipinski definition) is 0. The van der Waals surface area contributed by atoms with E-state index in [0.717, 1.165) is 38.6 Å². The van der Waals surface area contributed by atoms with Crippen molar-refractivity contribution in [2.45, 2.75) is 59.7 Å². The second kappa shape index (κ2) is 11.0. The van der Waals surface area contributed by atoms with Crippen LogP contribution in [0.5, 0.6) is 11.5 Å². The van der Waals surface area contributed by atoms with E-state index in [2.05, 4.69) is 6.07 Å². The Labute approximate surface area is 194 Å². The Morgan fingerprint density at radius 1 is 0.727 bits per heavy atom. The lowest BCUT2D eigenvalue weighted by molar-refractivity contribution is -0.148. The second-order valence-electron chi connectivity index (χ2n) is 8.15. The molecule has 6 heteroatoms. The zero-order valence-electron chi connectivity index (χ0n) is 20.0. The molecule has 0 bridgehead atoms. The fourth-order valence-electron chi connectivity index (χ4n) is 3.82. The summed E-state index contributed by atoms with van der Waals surface area (Å²) in [6.07, 6.45) is 0.659. The van der Waals surface area contributed by atoms with Gasteiger partial charge < -0.3 is 18.9 Å². The highest BCUT2D eigenvalue weighted by molar-refractivity contribution is 6.11. The Hall–Kier alpha value is -3.28. The smallest absolute Gasteiger partial charge is 0.303 e. The molecule has 0 N–H and O–H groups in total. The summed E-state index contributed by atoms with van der Waals surface area (Å²) in [4.78, 5) is 22.9. The lowest BCUT2D eigenvalue weighted by Crippen LogP contribution is -2.24. The van der Waals surface area contributed by atoms with Crippen molar-refractivity contribution in [3.63, 3.8) is 0 Å². The Bertz CT molecular complexity index is 1140. The number of rotatable bonds is 10. The van der Waals surface area contributed by atoms with Gasteiger partial charge in [0.25, 0.3) is 0 Å². The lowest BCUT2D eigenvalue weighted by atomic mass is 9.99. The average Bonchev–Trinajstić information content (AvgIpc) is 2.78. The summed E-state index contributed by atoms with van der Waals surface area (Å²) in [5, 5.41) is 3.64. The van der Waals surface area contributed by atoms with Gasteiger partial charge in [-0.2, -0.15) is 0 Å². The maximum absolute atomic E-state index is 11.4. The minimum Gasteiger partial charge on any atom is -0.488 e. The molecule has 33 heavy (non-hydrogen) atoms. The van der Waals surface area contributed by atoms with Crippen molar-refractivity contribution in [2.24, 2.45) is 0 Å². The molecule has 0 amide bonds. The molecule has 0 aliphatic carbocycles. The normalized spacial score (nSPS) is 12.9. The fraction of sp³-hybridized carbons (Fsp3) is 0.407. The molecule has 0 saturated heterocycles. The molecule has 0 radical (unpaired) electrons. The van der Waals surface area contributed by atoms with Crippen molar-refractivity contribution in [2.75, 3.05) is 13.2 Å². The first-order chi connectivity index (χ1) is 15.8. The van der Waals surface area contributed by atoms with Crippen molar-refractivity contribution < 1.29 is 28.5 Å². The van der Waals surface area contributed by atoms with E-state index in [4.69, 9.17) is 18.9 Å². The monoisotopic (exact) mass is 452 g/mol. The van der Waals surface area contributed by atoms with Crippen molar-refractivity contribution in [1.29, 1.82) is 0 Å². The highest BCUT2D eigenvalue weighted by Crippen LogP contribution is 2.43. The Kier molecular flexibility index (Phi) is 8.15. The van der Waals surface area contributed by atoms with E-state index in [1.165, 1.54) is 13.8 Å². The van der Waals surface area contributed by atoms with E-state index in [1.807, 2.05) is 57.2 Å². The molecule has 3 rings (SSSR count). The number of ether oxygens (including phenoxy) is 4. The summed E-state index contributed by atoms with van der Waals surface area (Å²) in [5.74, 6) is 0.815. The van der Waals surface area contributed by atoms with Crippen LogP contribution < -0.4 is 9.47 Å². The Morgan fingerprint density at radius 2 is 1.18 bits per heavy atom. The minimum atomic E-state index is -0.328. The third-order valence-corrected chi connectivity index (χ3v) is 5.48. The van der Waals surface area contributed by atoms with Crippen LogP contribution in [0.15, 0.2) is 42.5 Å². The van der Waals surface area contributed by atoms with E-state index in [-0.39, 0.29) is 37.4 Å². The van der Waals surface area contributed by atoms with Gasteiger partial charge in [-0.15, -0.1) is 0 Å². The van der Waals surface area contributed by atoms with Crippen LogP contribution in [0.25, 0.3) is 21.5 Å². The Morgan fingerprint density at radius 3 is 1.64 bits per heavy atom. The van der Waals surface area contributed by atoms with Crippen molar-refractivity contribution >= 4 is 33.5 Å². The lowest BCUT2D eigenvalue weighted by Gasteiger charge is -2.22. The standard InChI is InChI=1S/C27H32O6/c1-6-20(32-18(4)28)15-30-26-22-10-8-9-11-23(22)27(25-14-17(3)12-13-24(25)26)31-16-21(7-2)33-19(5)29/h8-14,20-21H,6-7,15-16H2,1-5H3. The van der Waals surface area contributed by atoms with Gasteiger partial charge in [0, 0.05) is 35.4 Å².